The molecular weight excluding hydrogens is 344 g/mol. The van der Waals surface area contributed by atoms with Gasteiger partial charge in [0.2, 0.25) is 0 Å². The molecule has 1 amide bonds. The molecule has 0 bridgehead atoms. The molecule has 3 N–H and O–H groups in total. The van der Waals surface area contributed by atoms with Gasteiger partial charge in [-0.3, -0.25) is 4.90 Å². The van der Waals surface area contributed by atoms with Gasteiger partial charge in [0, 0.05) is 28.7 Å². The third-order valence-corrected chi connectivity index (χ3v) is 4.39. The molecule has 0 aliphatic carbocycles. The number of carboxylic acid groups (broad SMARTS) is 1. The summed E-state index contributed by atoms with van der Waals surface area (Å²) in [7, 11) is 1.57. The van der Waals surface area contributed by atoms with Crippen molar-refractivity contribution < 1.29 is 14.6 Å². The van der Waals surface area contributed by atoms with Gasteiger partial charge in [-0.15, -0.1) is 0 Å². The van der Waals surface area contributed by atoms with Crippen molar-refractivity contribution in [1.82, 2.24) is 14.7 Å². The number of ether oxygens (including phenoxy) is 1. The van der Waals surface area contributed by atoms with Crippen molar-refractivity contribution in [3.63, 3.8) is 0 Å². The Hall–Kier alpha value is -2.70. The molecule has 0 fully saturated rings. The Morgan fingerprint density at radius 1 is 1.22 bits per heavy atom. The summed E-state index contributed by atoms with van der Waals surface area (Å²) in [4.78, 5) is 13.0. The fourth-order valence-electron chi connectivity index (χ4n) is 2.73. The number of nitrogen functional groups attached to an aromatic ring is 1. The lowest BCUT2D eigenvalue weighted by Gasteiger charge is -2.33. The monoisotopic (exact) mass is 374 g/mol. The maximum absolute atomic E-state index is 11.6. The molecule has 2 rings (SSSR count). The number of amides is 1. The SMILES string of the molecule is COc1cc(-n2nc(C(C)(C)C)cc2N)ccc1CN(C(=O)O)C(C)(C)C. The third kappa shape index (κ3) is 4.53. The van der Waals surface area contributed by atoms with E-state index in [4.69, 9.17) is 10.5 Å². The summed E-state index contributed by atoms with van der Waals surface area (Å²) in [5.41, 5.74) is 7.95. The maximum Gasteiger partial charge on any atom is 0.408 e. The van der Waals surface area contributed by atoms with E-state index in [9.17, 15) is 9.90 Å². The van der Waals surface area contributed by atoms with E-state index in [1.165, 1.54) is 4.90 Å². The number of rotatable bonds is 4. The largest absolute Gasteiger partial charge is 0.496 e. The summed E-state index contributed by atoms with van der Waals surface area (Å²) >= 11 is 0. The second kappa shape index (κ2) is 7.13. The predicted octanol–water partition coefficient (Wildman–Crippen LogP) is 4.04. The minimum Gasteiger partial charge on any atom is -0.496 e. The lowest BCUT2D eigenvalue weighted by Crippen LogP contribution is -2.44. The zero-order valence-electron chi connectivity index (χ0n) is 17.2. The molecule has 2 aromatic rings. The van der Waals surface area contributed by atoms with E-state index in [2.05, 4.69) is 25.9 Å². The number of benzene rings is 1. The van der Waals surface area contributed by atoms with Crippen LogP contribution >= 0.6 is 0 Å². The number of methoxy groups -OCH3 is 1. The van der Waals surface area contributed by atoms with Gasteiger partial charge in [0.1, 0.15) is 11.6 Å². The van der Waals surface area contributed by atoms with Crippen LogP contribution in [0, 0.1) is 0 Å². The highest BCUT2D eigenvalue weighted by molar-refractivity contribution is 5.66. The Kier molecular flexibility index (Phi) is 5.45. The molecule has 0 saturated heterocycles. The summed E-state index contributed by atoms with van der Waals surface area (Å²) in [5.74, 6) is 1.13. The van der Waals surface area contributed by atoms with Crippen molar-refractivity contribution >= 4 is 11.9 Å². The van der Waals surface area contributed by atoms with E-state index in [1.54, 1.807) is 11.8 Å². The van der Waals surface area contributed by atoms with Gasteiger partial charge in [0.15, 0.2) is 0 Å². The van der Waals surface area contributed by atoms with Crippen molar-refractivity contribution in [1.29, 1.82) is 0 Å². The molecular formula is C20H30N4O3. The molecule has 7 heteroatoms. The molecule has 0 saturated carbocycles. The number of nitrogens with zero attached hydrogens (tertiary/aromatic N) is 3. The number of anilines is 1. The van der Waals surface area contributed by atoms with Crippen molar-refractivity contribution in [3.8, 4) is 11.4 Å². The summed E-state index contributed by atoms with van der Waals surface area (Å²) in [6.45, 7) is 12.0. The molecule has 7 nitrogen and oxygen atoms in total. The Balaban J connectivity index is 2.42. The highest BCUT2D eigenvalue weighted by Crippen LogP contribution is 2.29. The standard InChI is InChI=1S/C20H30N4O3/c1-19(2,3)16-11-17(21)24(22-16)14-9-8-13(15(10-14)27-7)12-23(18(25)26)20(4,5)6/h8-11H,12,21H2,1-7H3,(H,25,26). The van der Waals surface area contributed by atoms with Gasteiger partial charge in [0.05, 0.1) is 25.0 Å². The Labute approximate surface area is 160 Å². The Morgan fingerprint density at radius 3 is 2.30 bits per heavy atom. The summed E-state index contributed by atoms with van der Waals surface area (Å²) in [6, 6.07) is 7.42. The second-order valence-electron chi connectivity index (χ2n) is 8.65. The van der Waals surface area contributed by atoms with Crippen LogP contribution in [0.2, 0.25) is 0 Å². The predicted molar refractivity (Wildman–Crippen MR) is 107 cm³/mol. The Morgan fingerprint density at radius 2 is 1.85 bits per heavy atom. The van der Waals surface area contributed by atoms with Crippen LogP contribution < -0.4 is 10.5 Å². The molecule has 0 unspecified atom stereocenters. The van der Waals surface area contributed by atoms with Crippen LogP contribution in [0.4, 0.5) is 10.6 Å². The minimum absolute atomic E-state index is 0.113. The first kappa shape index (κ1) is 20.6. The summed E-state index contributed by atoms with van der Waals surface area (Å²) in [6.07, 6.45) is -0.972. The van der Waals surface area contributed by atoms with Gasteiger partial charge >= 0.3 is 6.09 Å². The quantitative estimate of drug-likeness (QED) is 0.842. The van der Waals surface area contributed by atoms with Gasteiger partial charge in [0.25, 0.3) is 0 Å². The van der Waals surface area contributed by atoms with Crippen molar-refractivity contribution in [2.75, 3.05) is 12.8 Å². The van der Waals surface area contributed by atoms with Gasteiger partial charge in [-0.05, 0) is 26.8 Å². The fraction of sp³-hybridized carbons (Fsp3) is 0.500. The van der Waals surface area contributed by atoms with Crippen molar-refractivity contribution in [3.05, 3.63) is 35.5 Å². The van der Waals surface area contributed by atoms with E-state index < -0.39 is 11.6 Å². The van der Waals surface area contributed by atoms with E-state index in [0.29, 0.717) is 11.6 Å². The molecule has 0 radical (unpaired) electrons. The normalized spacial score (nSPS) is 12.1. The molecule has 0 aliphatic heterocycles. The minimum atomic E-state index is -0.972. The molecule has 148 valence electrons. The van der Waals surface area contributed by atoms with E-state index in [-0.39, 0.29) is 12.0 Å². The zero-order valence-corrected chi connectivity index (χ0v) is 17.2. The van der Waals surface area contributed by atoms with Crippen LogP contribution in [0.15, 0.2) is 24.3 Å². The van der Waals surface area contributed by atoms with Gasteiger partial charge in [-0.25, -0.2) is 9.48 Å². The molecule has 0 aliphatic rings. The van der Waals surface area contributed by atoms with Crippen LogP contribution in [0.25, 0.3) is 5.69 Å². The second-order valence-corrected chi connectivity index (χ2v) is 8.65. The molecule has 1 heterocycles. The van der Waals surface area contributed by atoms with Crippen molar-refractivity contribution in [2.45, 2.75) is 59.0 Å². The topological polar surface area (TPSA) is 93.6 Å². The number of hydrogen-bond acceptors (Lipinski definition) is 4. The van der Waals surface area contributed by atoms with Crippen LogP contribution in [0.5, 0.6) is 5.75 Å². The molecule has 0 spiro atoms. The highest BCUT2D eigenvalue weighted by atomic mass is 16.5. The van der Waals surface area contributed by atoms with Gasteiger partial charge in [-0.2, -0.15) is 5.10 Å². The lowest BCUT2D eigenvalue weighted by atomic mass is 9.92. The first-order valence-electron chi connectivity index (χ1n) is 8.88. The molecule has 1 aromatic carbocycles. The zero-order chi connectivity index (χ0) is 20.6. The van der Waals surface area contributed by atoms with E-state index in [0.717, 1.165) is 16.9 Å². The number of carbonyl (C=O) groups is 1. The Bertz CT molecular complexity index is 829. The maximum atomic E-state index is 11.6. The van der Waals surface area contributed by atoms with Crippen LogP contribution in [-0.2, 0) is 12.0 Å². The van der Waals surface area contributed by atoms with E-state index in [1.807, 2.05) is 45.0 Å². The van der Waals surface area contributed by atoms with Crippen molar-refractivity contribution in [2.24, 2.45) is 0 Å². The van der Waals surface area contributed by atoms with Crippen LogP contribution in [0.3, 0.4) is 0 Å². The number of hydrogen-bond donors (Lipinski definition) is 2. The number of aromatic nitrogens is 2. The average molecular weight is 374 g/mol. The van der Waals surface area contributed by atoms with Crippen LogP contribution in [-0.4, -0.2) is 38.5 Å². The molecule has 0 atom stereocenters. The average Bonchev–Trinajstić information content (AvgIpc) is 2.93. The van der Waals surface area contributed by atoms with Gasteiger partial charge < -0.3 is 15.6 Å². The first-order chi connectivity index (χ1) is 12.3. The molecule has 27 heavy (non-hydrogen) atoms. The highest BCUT2D eigenvalue weighted by Gasteiger charge is 2.27. The number of nitrogens with two attached hydrogens (primary N) is 1. The summed E-state index contributed by atoms with van der Waals surface area (Å²) < 4.78 is 7.19. The molecule has 1 aromatic heterocycles. The lowest BCUT2D eigenvalue weighted by molar-refractivity contribution is 0.0950. The van der Waals surface area contributed by atoms with E-state index >= 15 is 0 Å². The smallest absolute Gasteiger partial charge is 0.408 e. The summed E-state index contributed by atoms with van der Waals surface area (Å²) in [5, 5.41) is 14.2. The van der Waals surface area contributed by atoms with Gasteiger partial charge in [-0.1, -0.05) is 26.8 Å². The van der Waals surface area contributed by atoms with Crippen LogP contribution in [0.1, 0.15) is 52.8 Å². The first-order valence-corrected chi connectivity index (χ1v) is 8.88. The fourth-order valence-corrected chi connectivity index (χ4v) is 2.73. The third-order valence-electron chi connectivity index (χ3n) is 4.39.